The molecule has 64 valence electrons. The highest BCUT2D eigenvalue weighted by Gasteiger charge is 2.31. The molecule has 0 aromatic rings. The van der Waals surface area contributed by atoms with E-state index in [-0.39, 0.29) is 18.4 Å². The van der Waals surface area contributed by atoms with Crippen molar-refractivity contribution < 1.29 is 9.90 Å². The van der Waals surface area contributed by atoms with Crippen molar-refractivity contribution in [3.63, 3.8) is 0 Å². The molecule has 4 heteroatoms. The second-order valence-corrected chi connectivity index (χ2v) is 3.56. The minimum Gasteiger partial charge on any atom is -0.396 e. The summed E-state index contributed by atoms with van der Waals surface area (Å²) in [6.07, 6.45) is 0. The van der Waals surface area contributed by atoms with Gasteiger partial charge in [0.15, 0.2) is 0 Å². The van der Waals surface area contributed by atoms with E-state index in [0.717, 1.165) is 0 Å². The molecule has 0 saturated carbocycles. The highest BCUT2D eigenvalue weighted by molar-refractivity contribution is 6.30. The van der Waals surface area contributed by atoms with Gasteiger partial charge in [0, 0.05) is 25.6 Å². The lowest BCUT2D eigenvalue weighted by molar-refractivity contribution is -0.137. The highest BCUT2D eigenvalue weighted by atomic mass is 35.5. The Kier molecular flexibility index (Phi) is 2.73. The fourth-order valence-electron chi connectivity index (χ4n) is 1.12. The number of alkyl halides is 1. The van der Waals surface area contributed by atoms with Crippen molar-refractivity contribution in [1.29, 1.82) is 0 Å². The fraction of sp³-hybridized carbons (Fsp3) is 0.857. The summed E-state index contributed by atoms with van der Waals surface area (Å²) in [5.74, 6) is 0.241. The molecule has 0 aromatic carbocycles. The average molecular weight is 178 g/mol. The van der Waals surface area contributed by atoms with Gasteiger partial charge in [-0.05, 0) is 6.92 Å². The Hall–Kier alpha value is -0.280. The molecule has 1 unspecified atom stereocenters. The third-order valence-electron chi connectivity index (χ3n) is 1.87. The van der Waals surface area contributed by atoms with E-state index in [2.05, 4.69) is 0 Å². The zero-order valence-corrected chi connectivity index (χ0v) is 7.21. The monoisotopic (exact) mass is 177 g/mol. The molecule has 1 amide bonds. The summed E-state index contributed by atoms with van der Waals surface area (Å²) < 4.78 is 0. The predicted molar refractivity (Wildman–Crippen MR) is 42.5 cm³/mol. The van der Waals surface area contributed by atoms with Crippen LogP contribution in [0, 0.1) is 5.92 Å². The molecule has 1 rings (SSSR count). The Balaban J connectivity index is 2.27. The van der Waals surface area contributed by atoms with Crippen molar-refractivity contribution in [3.05, 3.63) is 0 Å². The number of aliphatic hydroxyl groups excluding tert-OH is 1. The molecule has 1 heterocycles. The van der Waals surface area contributed by atoms with Gasteiger partial charge in [0.25, 0.3) is 0 Å². The van der Waals surface area contributed by atoms with E-state index in [1.807, 2.05) is 0 Å². The van der Waals surface area contributed by atoms with Crippen LogP contribution in [0.1, 0.15) is 6.92 Å². The number of aliphatic hydroxyl groups is 1. The standard InChI is InChI=1S/C7H12ClNO2/c1-5(8)7(11)9-2-6(3-9)4-10/h5-6,10H,2-4H2,1H3. The van der Waals surface area contributed by atoms with Gasteiger partial charge in [-0.1, -0.05) is 0 Å². The van der Waals surface area contributed by atoms with E-state index in [0.29, 0.717) is 13.1 Å². The van der Waals surface area contributed by atoms with Crippen LogP contribution in [-0.2, 0) is 4.79 Å². The van der Waals surface area contributed by atoms with Crippen LogP contribution >= 0.6 is 11.6 Å². The number of nitrogens with zero attached hydrogens (tertiary/aromatic N) is 1. The topological polar surface area (TPSA) is 40.5 Å². The number of likely N-dealkylation sites (tertiary alicyclic amines) is 1. The smallest absolute Gasteiger partial charge is 0.240 e. The molecule has 0 spiro atoms. The third-order valence-corrected chi connectivity index (χ3v) is 2.05. The predicted octanol–water partition coefficient (Wildman–Crippen LogP) is 0.0644. The Bertz CT molecular complexity index is 155. The summed E-state index contributed by atoms with van der Waals surface area (Å²) in [6, 6.07) is 0. The number of carbonyl (C=O) groups is 1. The van der Waals surface area contributed by atoms with Gasteiger partial charge in [-0.3, -0.25) is 4.79 Å². The summed E-state index contributed by atoms with van der Waals surface area (Å²) in [7, 11) is 0. The van der Waals surface area contributed by atoms with Gasteiger partial charge in [0.05, 0.1) is 0 Å². The van der Waals surface area contributed by atoms with Crippen LogP contribution in [-0.4, -0.2) is 41.0 Å². The third kappa shape index (κ3) is 1.84. The molecule has 0 bridgehead atoms. The van der Waals surface area contributed by atoms with Gasteiger partial charge in [-0.2, -0.15) is 0 Å². The Morgan fingerprint density at radius 2 is 2.36 bits per heavy atom. The number of amides is 1. The van der Waals surface area contributed by atoms with Gasteiger partial charge in [0.1, 0.15) is 5.38 Å². The van der Waals surface area contributed by atoms with E-state index < -0.39 is 5.38 Å². The molecule has 1 aliphatic heterocycles. The van der Waals surface area contributed by atoms with Crippen LogP contribution in [0.3, 0.4) is 0 Å². The molecule has 1 aliphatic rings. The van der Waals surface area contributed by atoms with Crippen molar-refractivity contribution in [2.45, 2.75) is 12.3 Å². The zero-order chi connectivity index (χ0) is 8.43. The highest BCUT2D eigenvalue weighted by Crippen LogP contribution is 2.16. The molecule has 11 heavy (non-hydrogen) atoms. The molecular weight excluding hydrogens is 166 g/mol. The maximum Gasteiger partial charge on any atom is 0.240 e. The van der Waals surface area contributed by atoms with Crippen LogP contribution in [0.5, 0.6) is 0 Å². The number of carbonyl (C=O) groups excluding carboxylic acids is 1. The molecule has 0 aromatic heterocycles. The average Bonchev–Trinajstić information content (AvgIpc) is 1.85. The van der Waals surface area contributed by atoms with Crippen LogP contribution in [0.25, 0.3) is 0 Å². The quantitative estimate of drug-likeness (QED) is 0.607. The van der Waals surface area contributed by atoms with Crippen molar-refractivity contribution in [1.82, 2.24) is 4.90 Å². The summed E-state index contributed by atoms with van der Waals surface area (Å²) in [5.41, 5.74) is 0. The van der Waals surface area contributed by atoms with Crippen molar-refractivity contribution in [3.8, 4) is 0 Å². The number of rotatable bonds is 2. The van der Waals surface area contributed by atoms with Gasteiger partial charge in [-0.15, -0.1) is 11.6 Å². The second kappa shape index (κ2) is 3.41. The van der Waals surface area contributed by atoms with E-state index in [1.165, 1.54) is 0 Å². The minimum atomic E-state index is -0.436. The number of hydrogen-bond acceptors (Lipinski definition) is 2. The lowest BCUT2D eigenvalue weighted by atomic mass is 10.0. The van der Waals surface area contributed by atoms with E-state index in [9.17, 15) is 4.79 Å². The molecule has 0 aliphatic carbocycles. The first-order valence-corrected chi connectivity index (χ1v) is 4.12. The van der Waals surface area contributed by atoms with Crippen molar-refractivity contribution >= 4 is 17.5 Å². The van der Waals surface area contributed by atoms with Crippen molar-refractivity contribution in [2.24, 2.45) is 5.92 Å². The lowest BCUT2D eigenvalue weighted by Crippen LogP contribution is -2.53. The summed E-state index contributed by atoms with van der Waals surface area (Å²) in [5, 5.41) is 8.22. The van der Waals surface area contributed by atoms with Gasteiger partial charge in [0.2, 0.25) is 5.91 Å². The van der Waals surface area contributed by atoms with Crippen LogP contribution in [0.15, 0.2) is 0 Å². The molecule has 3 nitrogen and oxygen atoms in total. The van der Waals surface area contributed by atoms with Crippen LogP contribution < -0.4 is 0 Å². The number of halogens is 1. The Morgan fingerprint density at radius 1 is 1.82 bits per heavy atom. The molecule has 1 atom stereocenters. The summed E-state index contributed by atoms with van der Waals surface area (Å²) in [6.45, 7) is 3.15. The Morgan fingerprint density at radius 3 is 2.73 bits per heavy atom. The molecule has 1 saturated heterocycles. The maximum absolute atomic E-state index is 11.1. The normalized spacial score (nSPS) is 21.2. The van der Waals surface area contributed by atoms with E-state index in [1.54, 1.807) is 11.8 Å². The van der Waals surface area contributed by atoms with Gasteiger partial charge >= 0.3 is 0 Å². The summed E-state index contributed by atoms with van der Waals surface area (Å²) >= 11 is 5.57. The SMILES string of the molecule is CC(Cl)C(=O)N1CC(CO)C1. The van der Waals surface area contributed by atoms with Crippen molar-refractivity contribution in [2.75, 3.05) is 19.7 Å². The van der Waals surface area contributed by atoms with Gasteiger partial charge < -0.3 is 10.0 Å². The Labute approximate surface area is 70.9 Å². The van der Waals surface area contributed by atoms with Gasteiger partial charge in [-0.25, -0.2) is 0 Å². The molecule has 1 N–H and O–H groups in total. The van der Waals surface area contributed by atoms with Crippen LogP contribution in [0.2, 0.25) is 0 Å². The second-order valence-electron chi connectivity index (χ2n) is 2.91. The first kappa shape index (κ1) is 8.81. The molecule has 1 fully saturated rings. The minimum absolute atomic E-state index is 0.0311. The maximum atomic E-state index is 11.1. The summed E-state index contributed by atoms with van der Waals surface area (Å²) in [4.78, 5) is 12.8. The van der Waals surface area contributed by atoms with Crippen LogP contribution in [0.4, 0.5) is 0 Å². The largest absolute Gasteiger partial charge is 0.396 e. The fourth-order valence-corrected chi connectivity index (χ4v) is 1.25. The lowest BCUT2D eigenvalue weighted by Gasteiger charge is -2.38. The van der Waals surface area contributed by atoms with E-state index >= 15 is 0 Å². The molecular formula is C7H12ClNO2. The first-order chi connectivity index (χ1) is 5.15. The first-order valence-electron chi connectivity index (χ1n) is 3.69. The molecule has 0 radical (unpaired) electrons. The van der Waals surface area contributed by atoms with E-state index in [4.69, 9.17) is 16.7 Å². The zero-order valence-electron chi connectivity index (χ0n) is 6.46. The number of hydrogen-bond donors (Lipinski definition) is 1.